The van der Waals surface area contributed by atoms with Gasteiger partial charge in [-0.25, -0.2) is 8.42 Å². The first-order chi connectivity index (χ1) is 6.30. The maximum absolute atomic E-state index is 10.0. The fourth-order valence-electron chi connectivity index (χ4n) is 0.598. The first-order valence-corrected chi connectivity index (χ1v) is 6.28. The molecular weight excluding hydrogens is 232 g/mol. The molecule has 8 heteroatoms. The van der Waals surface area contributed by atoms with Gasteiger partial charge in [-0.1, -0.05) is 6.42 Å². The van der Waals surface area contributed by atoms with Crippen LogP contribution in [-0.4, -0.2) is 31.2 Å². The molecule has 6 nitrogen and oxygen atoms in total. The van der Waals surface area contributed by atoms with Gasteiger partial charge in [-0.3, -0.25) is 9.11 Å². The summed E-state index contributed by atoms with van der Waals surface area (Å²) < 4.78 is 51.6. The summed E-state index contributed by atoms with van der Waals surface area (Å²) in [6.45, 7) is 6.00. The van der Waals surface area contributed by atoms with E-state index in [9.17, 15) is 8.42 Å². The van der Waals surface area contributed by atoms with Crippen LogP contribution in [0.4, 0.5) is 0 Å². The number of hydrogen-bond acceptors (Lipinski definition) is 4. The summed E-state index contributed by atoms with van der Waals surface area (Å²) >= 11 is 0. The lowest BCUT2D eigenvalue weighted by Crippen LogP contribution is -2.18. The number of rotatable bonds is 1. The second kappa shape index (κ2) is 7.92. The van der Waals surface area contributed by atoms with Gasteiger partial charge in [-0.15, -0.1) is 13.2 Å². The van der Waals surface area contributed by atoms with Crippen LogP contribution in [-0.2, 0) is 21.1 Å². The molecule has 0 heterocycles. The summed E-state index contributed by atoms with van der Waals surface area (Å²) in [6, 6.07) is 0. The third kappa shape index (κ3) is 14.1. The van der Waals surface area contributed by atoms with Crippen LogP contribution in [0, 0.1) is 0 Å². The Hall–Kier alpha value is -0.440. The van der Waals surface area contributed by atoms with Crippen LogP contribution in [0.5, 0.6) is 0 Å². The predicted molar refractivity (Wildman–Crippen MR) is 53.4 cm³/mol. The van der Waals surface area contributed by atoms with Crippen LogP contribution in [0.3, 0.4) is 0 Å². The lowest BCUT2D eigenvalue weighted by molar-refractivity contribution is 0.381. The molecule has 1 rings (SSSR count). The van der Waals surface area contributed by atoms with Crippen molar-refractivity contribution >= 4 is 21.1 Å². The van der Waals surface area contributed by atoms with Crippen molar-refractivity contribution in [2.24, 2.45) is 0 Å². The highest BCUT2D eigenvalue weighted by atomic mass is 32.3. The van der Waals surface area contributed by atoms with Crippen LogP contribution < -0.4 is 0 Å². The maximum atomic E-state index is 10.0. The largest absolute Gasteiger partial charge is 0.394 e. The van der Waals surface area contributed by atoms with Gasteiger partial charge in [0, 0.05) is 0 Å². The standard InChI is InChI=1S/C4H8O2S.C2H4.H2O4S/c5-7(6)4-2-1-3-4;1-2;1-5(2,3)4/h4,7H,1-3H2;1-2H2;(H2,1,2,3,4). The van der Waals surface area contributed by atoms with Gasteiger partial charge in [0.2, 0.25) is 0 Å². The molecular formula is C6H14O6S2. The van der Waals surface area contributed by atoms with E-state index in [0.29, 0.717) is 0 Å². The van der Waals surface area contributed by atoms with Crippen molar-refractivity contribution in [2.45, 2.75) is 24.5 Å². The minimum atomic E-state index is -4.67. The zero-order valence-corrected chi connectivity index (χ0v) is 9.21. The van der Waals surface area contributed by atoms with Gasteiger partial charge in [0.25, 0.3) is 0 Å². The molecule has 0 unspecified atom stereocenters. The van der Waals surface area contributed by atoms with Crippen molar-refractivity contribution in [3.05, 3.63) is 13.2 Å². The molecule has 0 bridgehead atoms. The Bertz CT molecular complexity index is 284. The van der Waals surface area contributed by atoms with Gasteiger partial charge in [-0.05, 0) is 12.8 Å². The van der Waals surface area contributed by atoms with E-state index in [0.717, 1.165) is 19.3 Å². The molecule has 1 fully saturated rings. The van der Waals surface area contributed by atoms with Gasteiger partial charge in [0.15, 0.2) is 0 Å². The molecule has 0 amide bonds. The molecule has 2 N–H and O–H groups in total. The second-order valence-corrected chi connectivity index (χ2v) is 4.51. The fraction of sp³-hybridized carbons (Fsp3) is 0.667. The van der Waals surface area contributed by atoms with E-state index >= 15 is 0 Å². The van der Waals surface area contributed by atoms with Crippen LogP contribution in [0.25, 0.3) is 0 Å². The number of thiol groups is 1. The van der Waals surface area contributed by atoms with Crippen molar-refractivity contribution in [3.8, 4) is 0 Å². The highest BCUT2D eigenvalue weighted by molar-refractivity contribution is 7.79. The van der Waals surface area contributed by atoms with E-state index in [-0.39, 0.29) is 5.25 Å². The average molecular weight is 246 g/mol. The van der Waals surface area contributed by atoms with Crippen molar-refractivity contribution in [1.29, 1.82) is 0 Å². The third-order valence-electron chi connectivity index (χ3n) is 1.37. The summed E-state index contributed by atoms with van der Waals surface area (Å²) in [4.78, 5) is 0. The summed E-state index contributed by atoms with van der Waals surface area (Å²) in [5, 5.41) is 0.0370. The van der Waals surface area contributed by atoms with E-state index in [4.69, 9.17) is 17.5 Å². The van der Waals surface area contributed by atoms with Crippen LogP contribution in [0.1, 0.15) is 19.3 Å². The van der Waals surface area contributed by atoms with E-state index in [1.165, 1.54) is 0 Å². The van der Waals surface area contributed by atoms with Crippen molar-refractivity contribution in [2.75, 3.05) is 0 Å². The molecule has 0 radical (unpaired) electrons. The molecule has 1 aliphatic carbocycles. The summed E-state index contributed by atoms with van der Waals surface area (Å²) in [6.07, 6.45) is 2.91. The minimum Gasteiger partial charge on any atom is -0.264 e. The van der Waals surface area contributed by atoms with Crippen LogP contribution in [0.15, 0.2) is 13.2 Å². The van der Waals surface area contributed by atoms with Crippen LogP contribution in [0.2, 0.25) is 0 Å². The topological polar surface area (TPSA) is 109 Å². The first-order valence-electron chi connectivity index (χ1n) is 3.64. The van der Waals surface area contributed by atoms with Crippen molar-refractivity contribution in [1.82, 2.24) is 0 Å². The van der Waals surface area contributed by atoms with E-state index in [2.05, 4.69) is 13.2 Å². The quantitative estimate of drug-likeness (QED) is 0.349. The average Bonchev–Trinajstić information content (AvgIpc) is 1.82. The lowest BCUT2D eigenvalue weighted by atomic mass is 10.0. The number of hydrogen-bond donors (Lipinski definition) is 3. The molecule has 1 aliphatic rings. The molecule has 0 aliphatic heterocycles. The predicted octanol–water partition coefficient (Wildman–Crippen LogP) is 0.300. The first kappa shape index (κ1) is 16.0. The third-order valence-corrected chi connectivity index (χ3v) is 2.49. The van der Waals surface area contributed by atoms with E-state index in [1.54, 1.807) is 0 Å². The van der Waals surface area contributed by atoms with Gasteiger partial charge >= 0.3 is 10.4 Å². The Kier molecular flexibility index (Phi) is 9.05. The highest BCUT2D eigenvalue weighted by Gasteiger charge is 2.19. The summed E-state index contributed by atoms with van der Waals surface area (Å²) in [5.41, 5.74) is 0. The Morgan fingerprint density at radius 2 is 1.43 bits per heavy atom. The molecule has 86 valence electrons. The molecule has 1 saturated carbocycles. The lowest BCUT2D eigenvalue weighted by Gasteiger charge is -2.17. The molecule has 0 aromatic heterocycles. The molecule has 0 aromatic rings. The van der Waals surface area contributed by atoms with Crippen molar-refractivity contribution in [3.63, 3.8) is 0 Å². The second-order valence-electron chi connectivity index (χ2n) is 2.32. The zero-order valence-electron chi connectivity index (χ0n) is 7.50. The Balaban J connectivity index is 0. The zero-order chi connectivity index (χ0) is 11.8. The van der Waals surface area contributed by atoms with Crippen molar-refractivity contribution < 1.29 is 25.9 Å². The molecule has 0 saturated heterocycles. The summed E-state index contributed by atoms with van der Waals surface area (Å²) in [7, 11) is -6.74. The minimum absolute atomic E-state index is 0.0370. The van der Waals surface area contributed by atoms with E-state index < -0.39 is 21.1 Å². The molecule has 14 heavy (non-hydrogen) atoms. The van der Waals surface area contributed by atoms with Gasteiger partial charge in [0.1, 0.15) is 10.7 Å². The summed E-state index contributed by atoms with van der Waals surface area (Å²) in [5.74, 6) is 0. The maximum Gasteiger partial charge on any atom is 0.394 e. The Morgan fingerprint density at radius 1 is 1.14 bits per heavy atom. The Labute approximate surface area is 85.2 Å². The van der Waals surface area contributed by atoms with Gasteiger partial charge < -0.3 is 0 Å². The van der Waals surface area contributed by atoms with Gasteiger partial charge in [0.05, 0.1) is 5.25 Å². The fourth-order valence-corrected chi connectivity index (χ4v) is 1.38. The Morgan fingerprint density at radius 3 is 1.43 bits per heavy atom. The van der Waals surface area contributed by atoms with Gasteiger partial charge in [-0.2, -0.15) is 8.42 Å². The van der Waals surface area contributed by atoms with E-state index in [1.807, 2.05) is 0 Å². The molecule has 0 aromatic carbocycles. The van der Waals surface area contributed by atoms with Crippen LogP contribution >= 0.6 is 0 Å². The SMILES string of the molecule is C=C.O=S(=O)(O)O.O=[SH](=O)C1CCC1. The molecule has 0 spiro atoms. The highest BCUT2D eigenvalue weighted by Crippen LogP contribution is 2.20. The smallest absolute Gasteiger partial charge is 0.264 e. The normalized spacial score (nSPS) is 15.6. The molecule has 0 atom stereocenters. The monoisotopic (exact) mass is 246 g/mol.